The molecule has 7 heteroatoms. The van der Waals surface area contributed by atoms with Gasteiger partial charge < -0.3 is 18.9 Å². The summed E-state index contributed by atoms with van der Waals surface area (Å²) in [5.41, 5.74) is 6.18. The minimum Gasteiger partial charge on any atom is -0.493 e. The van der Waals surface area contributed by atoms with Crippen molar-refractivity contribution in [1.82, 2.24) is 4.98 Å². The minimum absolute atomic E-state index is 0.104. The van der Waals surface area contributed by atoms with Crippen LogP contribution in [0.15, 0.2) is 54.6 Å². The Morgan fingerprint density at radius 2 is 1.84 bits per heavy atom. The van der Waals surface area contributed by atoms with Crippen LogP contribution < -0.4 is 4.74 Å². The summed E-state index contributed by atoms with van der Waals surface area (Å²) in [5.74, 6) is -0.546. The summed E-state index contributed by atoms with van der Waals surface area (Å²) in [7, 11) is 0. The molecule has 0 bridgehead atoms. The van der Waals surface area contributed by atoms with Crippen LogP contribution in [0.3, 0.4) is 0 Å². The summed E-state index contributed by atoms with van der Waals surface area (Å²) < 4.78 is 38.2. The Morgan fingerprint density at radius 3 is 2.53 bits per heavy atom. The van der Waals surface area contributed by atoms with Gasteiger partial charge in [0.1, 0.15) is 17.2 Å². The molecule has 0 amide bonds. The number of nitrogens with zero attached hydrogens (tertiary/aromatic N) is 1. The molecule has 1 fully saturated rings. The average molecular weight is 588 g/mol. The number of halogens is 1. The first-order chi connectivity index (χ1) is 20.3. The number of hydrogen-bond donors (Lipinski definition) is 0. The number of carbonyl (C=O) groups is 1. The number of esters is 1. The third kappa shape index (κ3) is 7.34. The Kier molecular flexibility index (Phi) is 8.77. The first-order valence-electron chi connectivity index (χ1n) is 15.1. The van der Waals surface area contributed by atoms with Gasteiger partial charge in [0, 0.05) is 24.0 Å². The Morgan fingerprint density at radius 1 is 1.12 bits per heavy atom. The van der Waals surface area contributed by atoms with Gasteiger partial charge in [0.2, 0.25) is 0 Å². The Labute approximate surface area is 254 Å². The number of hydrogen-bond acceptors (Lipinski definition) is 6. The van der Waals surface area contributed by atoms with E-state index >= 15 is 0 Å². The van der Waals surface area contributed by atoms with Crippen molar-refractivity contribution in [3.8, 4) is 28.1 Å². The SMILES string of the molecule is CC(C)c1nc2c(c(-c3ccc(F)cc3)c1/C=C/[C@@H]1C[C@H](CC(=O)OC(C)(C)C)OC(C)(C)O1)CCOc1ccccc1-2. The molecule has 5 rings (SSSR count). The van der Waals surface area contributed by atoms with E-state index in [-0.39, 0.29) is 36.3 Å². The smallest absolute Gasteiger partial charge is 0.308 e. The lowest BCUT2D eigenvalue weighted by Crippen LogP contribution is -2.45. The number of aromatic nitrogens is 1. The molecule has 0 spiro atoms. The van der Waals surface area contributed by atoms with Gasteiger partial charge in [0.05, 0.1) is 36.6 Å². The van der Waals surface area contributed by atoms with Crippen molar-refractivity contribution in [2.45, 2.75) is 97.2 Å². The lowest BCUT2D eigenvalue weighted by Gasteiger charge is -2.39. The molecular formula is C36H42FNO5. The lowest BCUT2D eigenvalue weighted by molar-refractivity contribution is -0.290. The molecule has 1 saturated heterocycles. The van der Waals surface area contributed by atoms with Gasteiger partial charge in [-0.15, -0.1) is 0 Å². The third-order valence-corrected chi connectivity index (χ3v) is 7.47. The van der Waals surface area contributed by atoms with Gasteiger partial charge in [0.15, 0.2) is 5.79 Å². The van der Waals surface area contributed by atoms with E-state index in [1.165, 1.54) is 12.1 Å². The molecule has 0 N–H and O–H groups in total. The normalized spacial score (nSPS) is 19.8. The molecule has 0 aliphatic carbocycles. The van der Waals surface area contributed by atoms with E-state index in [4.69, 9.17) is 23.9 Å². The van der Waals surface area contributed by atoms with Crippen LogP contribution >= 0.6 is 0 Å². The molecule has 2 aliphatic rings. The van der Waals surface area contributed by atoms with Crippen LogP contribution in [0, 0.1) is 5.82 Å². The van der Waals surface area contributed by atoms with Gasteiger partial charge in [0.25, 0.3) is 0 Å². The summed E-state index contributed by atoms with van der Waals surface area (Å²) >= 11 is 0. The topological polar surface area (TPSA) is 66.9 Å². The van der Waals surface area contributed by atoms with E-state index in [1.807, 2.05) is 77.1 Å². The number of rotatable bonds is 6. The number of benzene rings is 2. The number of pyridine rings is 1. The van der Waals surface area contributed by atoms with Crippen molar-refractivity contribution in [3.05, 3.63) is 77.2 Å². The molecule has 3 heterocycles. The first-order valence-corrected chi connectivity index (χ1v) is 15.1. The molecule has 1 aromatic heterocycles. The fourth-order valence-electron chi connectivity index (χ4n) is 5.89. The van der Waals surface area contributed by atoms with Crippen LogP contribution in [-0.2, 0) is 25.4 Å². The second-order valence-corrected chi connectivity index (χ2v) is 13.1. The fourth-order valence-corrected chi connectivity index (χ4v) is 5.89. The van der Waals surface area contributed by atoms with E-state index < -0.39 is 11.4 Å². The van der Waals surface area contributed by atoms with Crippen LogP contribution in [0.2, 0.25) is 0 Å². The van der Waals surface area contributed by atoms with E-state index in [1.54, 1.807) is 0 Å². The van der Waals surface area contributed by atoms with Gasteiger partial charge in [-0.05, 0) is 81.5 Å². The molecule has 2 aliphatic heterocycles. The van der Waals surface area contributed by atoms with E-state index in [0.717, 1.165) is 45.0 Å². The Bertz CT molecular complexity index is 1500. The van der Waals surface area contributed by atoms with Crippen LogP contribution in [0.5, 0.6) is 5.75 Å². The summed E-state index contributed by atoms with van der Waals surface area (Å²) in [4.78, 5) is 17.9. The number of ether oxygens (including phenoxy) is 4. The third-order valence-electron chi connectivity index (χ3n) is 7.47. The lowest BCUT2D eigenvalue weighted by atomic mass is 9.86. The molecule has 6 nitrogen and oxygen atoms in total. The van der Waals surface area contributed by atoms with Crippen molar-refractivity contribution >= 4 is 12.0 Å². The minimum atomic E-state index is -0.881. The van der Waals surface area contributed by atoms with Crippen molar-refractivity contribution in [3.63, 3.8) is 0 Å². The number of para-hydroxylation sites is 1. The van der Waals surface area contributed by atoms with Gasteiger partial charge >= 0.3 is 5.97 Å². The highest BCUT2D eigenvalue weighted by molar-refractivity contribution is 5.86. The maximum atomic E-state index is 14.1. The molecule has 43 heavy (non-hydrogen) atoms. The molecule has 0 radical (unpaired) electrons. The standard InChI is InChI=1S/C36H42FNO5/c1-22(2)33-28(17-16-25-20-26(42-36(6,7)41-25)21-31(39)43-35(3,4)5)32(23-12-14-24(37)15-13-23)29-18-19-40-30-11-9-8-10-27(30)34(29)38-33/h8-17,22,25-26H,18-21H2,1-7H3/b17-16+/t25-,26-/m1/s1. The summed E-state index contributed by atoms with van der Waals surface area (Å²) in [6.45, 7) is 14.1. The van der Waals surface area contributed by atoms with E-state index in [0.29, 0.717) is 19.4 Å². The predicted molar refractivity (Wildman–Crippen MR) is 166 cm³/mol. The van der Waals surface area contributed by atoms with Gasteiger partial charge in [-0.3, -0.25) is 9.78 Å². The molecule has 228 valence electrons. The van der Waals surface area contributed by atoms with Crippen LogP contribution in [0.1, 0.15) is 84.0 Å². The summed E-state index contributed by atoms with van der Waals surface area (Å²) in [6.07, 6.45) is 4.76. The molecule has 3 aromatic rings. The van der Waals surface area contributed by atoms with Crippen LogP contribution in [-0.4, -0.2) is 41.2 Å². The fraction of sp³-hybridized carbons (Fsp3) is 0.444. The second-order valence-electron chi connectivity index (χ2n) is 13.1. The average Bonchev–Trinajstić information content (AvgIpc) is 3.09. The van der Waals surface area contributed by atoms with E-state index in [2.05, 4.69) is 19.9 Å². The predicted octanol–water partition coefficient (Wildman–Crippen LogP) is 8.27. The van der Waals surface area contributed by atoms with Crippen molar-refractivity contribution in [1.29, 1.82) is 0 Å². The molecule has 0 saturated carbocycles. The molecule has 2 atom stereocenters. The van der Waals surface area contributed by atoms with Crippen molar-refractivity contribution in [2.75, 3.05) is 6.61 Å². The quantitative estimate of drug-likeness (QED) is 0.271. The van der Waals surface area contributed by atoms with Crippen molar-refractivity contribution < 1.29 is 28.1 Å². The molecular weight excluding hydrogens is 545 g/mol. The maximum absolute atomic E-state index is 14.1. The van der Waals surface area contributed by atoms with Crippen LogP contribution in [0.25, 0.3) is 28.5 Å². The van der Waals surface area contributed by atoms with Crippen LogP contribution in [0.4, 0.5) is 4.39 Å². The highest BCUT2D eigenvalue weighted by Gasteiger charge is 2.36. The van der Waals surface area contributed by atoms with E-state index in [9.17, 15) is 9.18 Å². The highest BCUT2D eigenvalue weighted by Crippen LogP contribution is 2.43. The van der Waals surface area contributed by atoms with Gasteiger partial charge in [-0.2, -0.15) is 0 Å². The zero-order valence-corrected chi connectivity index (χ0v) is 26.2. The highest BCUT2D eigenvalue weighted by atomic mass is 19.1. The zero-order chi connectivity index (χ0) is 30.9. The largest absolute Gasteiger partial charge is 0.493 e. The number of carbonyl (C=O) groups excluding carboxylic acids is 1. The Hall–Kier alpha value is -3.55. The first kappa shape index (κ1) is 30.9. The van der Waals surface area contributed by atoms with Gasteiger partial charge in [-0.25, -0.2) is 4.39 Å². The van der Waals surface area contributed by atoms with Gasteiger partial charge in [-0.1, -0.05) is 50.3 Å². The molecule has 2 aromatic carbocycles. The van der Waals surface area contributed by atoms with Crippen molar-refractivity contribution in [2.24, 2.45) is 0 Å². The zero-order valence-electron chi connectivity index (χ0n) is 26.2. The number of fused-ring (bicyclic) bond motifs is 3. The second kappa shape index (κ2) is 12.2. The molecule has 0 unspecified atom stereocenters. The summed E-state index contributed by atoms with van der Waals surface area (Å²) in [6, 6.07) is 14.6. The maximum Gasteiger partial charge on any atom is 0.308 e. The monoisotopic (exact) mass is 587 g/mol. The Balaban J connectivity index is 1.59. The summed E-state index contributed by atoms with van der Waals surface area (Å²) in [5, 5.41) is 0.